The average Bonchev–Trinajstić information content (AvgIpc) is 3.40. The summed E-state index contributed by atoms with van der Waals surface area (Å²) < 4.78 is 11.2. The van der Waals surface area contributed by atoms with E-state index in [2.05, 4.69) is 19.2 Å². The van der Waals surface area contributed by atoms with E-state index in [1.165, 1.54) is 0 Å². The maximum atomic E-state index is 12.5. The third-order valence-corrected chi connectivity index (χ3v) is 5.25. The normalized spacial score (nSPS) is 22.6. The van der Waals surface area contributed by atoms with E-state index in [0.29, 0.717) is 19.8 Å². The van der Waals surface area contributed by atoms with Crippen LogP contribution in [0.3, 0.4) is 0 Å². The van der Waals surface area contributed by atoms with Crippen molar-refractivity contribution in [3.8, 4) is 11.5 Å². The molecule has 1 fully saturated rings. The molecular formula is C18H26N2O3. The molecule has 1 saturated carbocycles. The van der Waals surface area contributed by atoms with Crippen molar-refractivity contribution in [3.05, 3.63) is 23.8 Å². The molecule has 126 valence electrons. The van der Waals surface area contributed by atoms with Gasteiger partial charge in [-0.2, -0.15) is 0 Å². The number of hydrogen-bond acceptors (Lipinski definition) is 4. The Kier molecular flexibility index (Phi) is 4.48. The van der Waals surface area contributed by atoms with Gasteiger partial charge in [-0.15, -0.1) is 0 Å². The Morgan fingerprint density at radius 2 is 1.96 bits per heavy atom. The molecule has 1 heterocycles. The number of benzene rings is 1. The molecule has 0 aromatic heterocycles. The van der Waals surface area contributed by atoms with Gasteiger partial charge in [0.25, 0.3) is 0 Å². The highest BCUT2D eigenvalue weighted by Crippen LogP contribution is 2.49. The maximum absolute atomic E-state index is 12.5. The standard InChI is InChI=1S/C18H26N2O3/c1-3-18(4-2,11-19)20-17(21)14-10-13(14)12-5-6-15-16(9-12)23-8-7-22-15/h5-6,9,13-14H,3-4,7-8,10-11,19H2,1-2H3,(H,20,21). The van der Waals surface area contributed by atoms with Crippen LogP contribution in [-0.2, 0) is 4.79 Å². The van der Waals surface area contributed by atoms with Crippen molar-refractivity contribution in [1.82, 2.24) is 5.32 Å². The van der Waals surface area contributed by atoms with Crippen LogP contribution in [0.1, 0.15) is 44.6 Å². The van der Waals surface area contributed by atoms with Gasteiger partial charge in [0.05, 0.1) is 5.54 Å². The van der Waals surface area contributed by atoms with Crippen molar-refractivity contribution < 1.29 is 14.3 Å². The maximum Gasteiger partial charge on any atom is 0.224 e. The van der Waals surface area contributed by atoms with E-state index in [4.69, 9.17) is 15.2 Å². The molecular weight excluding hydrogens is 292 g/mol. The number of amides is 1. The quantitative estimate of drug-likeness (QED) is 0.843. The Bertz CT molecular complexity index is 575. The molecule has 1 aromatic rings. The summed E-state index contributed by atoms with van der Waals surface area (Å²) in [6.07, 6.45) is 2.60. The Morgan fingerprint density at radius 1 is 1.26 bits per heavy atom. The van der Waals surface area contributed by atoms with Crippen molar-refractivity contribution in [2.24, 2.45) is 11.7 Å². The summed E-state index contributed by atoms with van der Waals surface area (Å²) in [5.74, 6) is 2.02. The third-order valence-electron chi connectivity index (χ3n) is 5.25. The second-order valence-electron chi connectivity index (χ2n) is 6.53. The zero-order valence-electron chi connectivity index (χ0n) is 13.9. The Balaban J connectivity index is 1.66. The first-order valence-electron chi connectivity index (χ1n) is 8.54. The number of ether oxygens (including phenoxy) is 2. The van der Waals surface area contributed by atoms with E-state index in [9.17, 15) is 4.79 Å². The Labute approximate surface area is 137 Å². The van der Waals surface area contributed by atoms with E-state index in [0.717, 1.165) is 36.3 Å². The fourth-order valence-corrected chi connectivity index (χ4v) is 3.26. The summed E-state index contributed by atoms with van der Waals surface area (Å²) in [6.45, 7) is 5.80. The lowest BCUT2D eigenvalue weighted by Gasteiger charge is -2.31. The topological polar surface area (TPSA) is 73.6 Å². The summed E-state index contributed by atoms with van der Waals surface area (Å²) in [5, 5.41) is 3.18. The van der Waals surface area contributed by atoms with Gasteiger partial charge in [-0.1, -0.05) is 19.9 Å². The van der Waals surface area contributed by atoms with E-state index in [-0.39, 0.29) is 23.3 Å². The van der Waals surface area contributed by atoms with Crippen molar-refractivity contribution in [2.45, 2.75) is 44.6 Å². The molecule has 1 aromatic carbocycles. The number of fused-ring (bicyclic) bond motifs is 1. The summed E-state index contributed by atoms with van der Waals surface area (Å²) in [4.78, 5) is 12.5. The summed E-state index contributed by atoms with van der Waals surface area (Å²) in [6, 6.07) is 6.00. The monoisotopic (exact) mass is 318 g/mol. The van der Waals surface area contributed by atoms with Crippen LogP contribution in [-0.4, -0.2) is 31.2 Å². The lowest BCUT2D eigenvalue weighted by molar-refractivity contribution is -0.124. The summed E-state index contributed by atoms with van der Waals surface area (Å²) in [5.41, 5.74) is 6.76. The largest absolute Gasteiger partial charge is 0.486 e. The molecule has 23 heavy (non-hydrogen) atoms. The first-order valence-corrected chi connectivity index (χ1v) is 8.54. The van der Waals surface area contributed by atoms with Gasteiger partial charge >= 0.3 is 0 Å². The zero-order chi connectivity index (χ0) is 16.4. The number of hydrogen-bond donors (Lipinski definition) is 2. The van der Waals surface area contributed by atoms with Crippen molar-refractivity contribution in [3.63, 3.8) is 0 Å². The van der Waals surface area contributed by atoms with Crippen molar-refractivity contribution in [1.29, 1.82) is 0 Å². The first-order chi connectivity index (χ1) is 11.1. The van der Waals surface area contributed by atoms with Crippen LogP contribution >= 0.6 is 0 Å². The highest BCUT2D eigenvalue weighted by atomic mass is 16.6. The van der Waals surface area contributed by atoms with Crippen LogP contribution in [0.2, 0.25) is 0 Å². The SMILES string of the molecule is CCC(CC)(CN)NC(=O)C1CC1c1ccc2c(c1)OCCO2. The van der Waals surface area contributed by atoms with Crippen LogP contribution < -0.4 is 20.5 Å². The van der Waals surface area contributed by atoms with E-state index in [1.54, 1.807) is 0 Å². The molecule has 2 atom stereocenters. The first kappa shape index (κ1) is 16.1. The minimum atomic E-state index is -0.267. The molecule has 0 spiro atoms. The van der Waals surface area contributed by atoms with Crippen LogP contribution in [0.25, 0.3) is 0 Å². The lowest BCUT2D eigenvalue weighted by atomic mass is 9.92. The van der Waals surface area contributed by atoms with Gasteiger partial charge in [-0.25, -0.2) is 0 Å². The van der Waals surface area contributed by atoms with Gasteiger partial charge in [0.15, 0.2) is 11.5 Å². The molecule has 2 aliphatic rings. The zero-order valence-corrected chi connectivity index (χ0v) is 13.9. The molecule has 3 N–H and O–H groups in total. The number of carbonyl (C=O) groups excluding carboxylic acids is 1. The Morgan fingerprint density at radius 3 is 2.61 bits per heavy atom. The average molecular weight is 318 g/mol. The van der Waals surface area contributed by atoms with Crippen LogP contribution in [0.4, 0.5) is 0 Å². The van der Waals surface area contributed by atoms with Gasteiger partial charge in [0.2, 0.25) is 5.91 Å². The molecule has 1 aliphatic heterocycles. The molecule has 1 amide bonds. The highest BCUT2D eigenvalue weighted by molar-refractivity contribution is 5.83. The molecule has 0 bridgehead atoms. The Hall–Kier alpha value is -1.75. The number of rotatable bonds is 6. The molecule has 2 unspecified atom stereocenters. The molecule has 3 rings (SSSR count). The molecule has 0 radical (unpaired) electrons. The minimum absolute atomic E-state index is 0.0431. The van der Waals surface area contributed by atoms with Crippen molar-refractivity contribution in [2.75, 3.05) is 19.8 Å². The molecule has 5 nitrogen and oxygen atoms in total. The van der Waals surface area contributed by atoms with E-state index < -0.39 is 0 Å². The number of nitrogens with two attached hydrogens (primary N) is 1. The summed E-state index contributed by atoms with van der Waals surface area (Å²) in [7, 11) is 0. The van der Waals surface area contributed by atoms with E-state index >= 15 is 0 Å². The highest BCUT2D eigenvalue weighted by Gasteiger charge is 2.46. The fraction of sp³-hybridized carbons (Fsp3) is 0.611. The van der Waals surface area contributed by atoms with Crippen LogP contribution in [0.5, 0.6) is 11.5 Å². The van der Waals surface area contributed by atoms with Gasteiger partial charge in [0.1, 0.15) is 13.2 Å². The predicted molar refractivity (Wildman–Crippen MR) is 88.8 cm³/mol. The van der Waals surface area contributed by atoms with Gasteiger partial charge in [0, 0.05) is 12.5 Å². The minimum Gasteiger partial charge on any atom is -0.486 e. The van der Waals surface area contributed by atoms with Gasteiger partial charge in [-0.05, 0) is 42.9 Å². The van der Waals surface area contributed by atoms with Crippen LogP contribution in [0.15, 0.2) is 18.2 Å². The number of nitrogens with one attached hydrogen (secondary N) is 1. The number of carbonyl (C=O) groups is 1. The fourth-order valence-electron chi connectivity index (χ4n) is 3.26. The van der Waals surface area contributed by atoms with Crippen molar-refractivity contribution >= 4 is 5.91 Å². The predicted octanol–water partition coefficient (Wildman–Crippen LogP) is 2.20. The van der Waals surface area contributed by atoms with Crippen LogP contribution in [0, 0.1) is 5.92 Å². The van der Waals surface area contributed by atoms with Gasteiger partial charge in [-0.3, -0.25) is 4.79 Å². The third kappa shape index (κ3) is 3.15. The molecule has 1 aliphatic carbocycles. The summed E-state index contributed by atoms with van der Waals surface area (Å²) >= 11 is 0. The van der Waals surface area contributed by atoms with Gasteiger partial charge < -0.3 is 20.5 Å². The molecule has 5 heteroatoms. The van der Waals surface area contributed by atoms with E-state index in [1.807, 2.05) is 18.2 Å². The lowest BCUT2D eigenvalue weighted by Crippen LogP contribution is -2.53. The second kappa shape index (κ2) is 6.40. The second-order valence-corrected chi connectivity index (χ2v) is 6.53. The molecule has 0 saturated heterocycles. The smallest absolute Gasteiger partial charge is 0.224 e.